The fourth-order valence-corrected chi connectivity index (χ4v) is 95.3. The molecule has 10 fully saturated rings. The van der Waals surface area contributed by atoms with Gasteiger partial charge in [-0.15, -0.1) is 0 Å². The number of aliphatic carboxylic acids is 1. The van der Waals surface area contributed by atoms with E-state index >= 15 is 0 Å². The van der Waals surface area contributed by atoms with E-state index in [1.54, 1.807) is 0 Å². The van der Waals surface area contributed by atoms with E-state index < -0.39 is 12.5 Å². The van der Waals surface area contributed by atoms with Crippen LogP contribution >= 0.6 is 0 Å². The van der Waals surface area contributed by atoms with Crippen molar-refractivity contribution in [3.63, 3.8) is 0 Å². The quantitative estimate of drug-likeness (QED) is 0.323. The van der Waals surface area contributed by atoms with Gasteiger partial charge in [0.15, 0.2) is 0 Å². The van der Waals surface area contributed by atoms with Crippen LogP contribution in [-0.4, -0.2) is 23.7 Å². The Morgan fingerprint density at radius 1 is 1.13 bits per heavy atom. The van der Waals surface area contributed by atoms with Crippen molar-refractivity contribution in [1.82, 2.24) is 0 Å². The fraction of sp³-hybridized carbons (Fsp3) is 0.929. The molecule has 6 unspecified atom stereocenters. The summed E-state index contributed by atoms with van der Waals surface area (Å²) in [6.45, 7) is -3.74. The molecule has 8 nitrogen and oxygen atoms in total. The number of hydrogen-bond acceptors (Lipinski definition) is 3. The molecule has 10 aliphatic heterocycles. The van der Waals surface area contributed by atoms with E-state index in [2.05, 4.69) is 20.1 Å². The van der Waals surface area contributed by atoms with E-state index in [0.717, 1.165) is 28.9 Å². The van der Waals surface area contributed by atoms with E-state index in [1.165, 1.54) is 0 Å². The first kappa shape index (κ1) is 9.80. The zero-order valence-electron chi connectivity index (χ0n) is 12.0. The van der Waals surface area contributed by atoms with Crippen molar-refractivity contribution in [1.29, 1.82) is 0 Å². The van der Waals surface area contributed by atoms with Crippen molar-refractivity contribution in [2.45, 2.75) is 59.6 Å². The number of carboxylic acid groups (broad SMARTS) is 1. The van der Waals surface area contributed by atoms with Crippen LogP contribution in [0.5, 0.6) is 0 Å². The molecule has 10 aliphatic rings. The molecule has 0 saturated carbocycles. The average molecular weight is 354 g/mol. The molecule has 10 saturated heterocycles. The molecule has 0 amide bonds. The number of azide groups is 2. The molecule has 0 aromatic carbocycles. The molecule has 0 aliphatic carbocycles. The Morgan fingerprint density at radius 2 is 1.78 bits per heavy atom. The van der Waals surface area contributed by atoms with Gasteiger partial charge < -0.3 is 0 Å². The van der Waals surface area contributed by atoms with Crippen LogP contribution in [-0.2, 0) is 11.3 Å². The minimum atomic E-state index is -4.06. The Morgan fingerprint density at radius 3 is 2.17 bits per heavy atom. The molecule has 0 aromatic heterocycles. The van der Waals surface area contributed by atoms with Crippen LogP contribution in [0.25, 0.3) is 20.9 Å². The topological polar surface area (TPSA) is 135 Å². The summed E-state index contributed by atoms with van der Waals surface area (Å²) in [5, 5.41) is 18.2. The molecular formula is C14H14FeN6O2. The molecule has 10 rings (SSSR count). The standard InChI is InChI=1S/C9H9N6O2.C5H5.Fe/c10-14-12-5-4-8(13-15-11)6-2-1-3-7(6)9(16)17;1-2-4-5-3-1;/h1-3,8H,4-5H2,(H,16,17);1-5H;. The molecule has 9 heteroatoms. The van der Waals surface area contributed by atoms with Gasteiger partial charge in [0.25, 0.3) is 0 Å². The van der Waals surface area contributed by atoms with E-state index in [1.807, 2.05) is 0 Å². The summed E-state index contributed by atoms with van der Waals surface area (Å²) < 4.78 is -0.448. The molecule has 1 N–H and O–H groups in total. The number of hydrogen-bond donors (Lipinski definition) is 1. The second-order valence-corrected chi connectivity index (χ2v) is 34.8. The molecule has 23 heavy (non-hydrogen) atoms. The van der Waals surface area contributed by atoms with E-state index in [9.17, 15) is 9.90 Å². The van der Waals surface area contributed by atoms with Crippen LogP contribution in [0.1, 0.15) is 6.42 Å². The van der Waals surface area contributed by atoms with E-state index in [0.29, 0.717) is 22.6 Å². The van der Waals surface area contributed by atoms with Crippen LogP contribution < -0.4 is 0 Å². The number of carbonyl (C=O) groups is 1. The van der Waals surface area contributed by atoms with Gasteiger partial charge in [-0.25, -0.2) is 0 Å². The summed E-state index contributed by atoms with van der Waals surface area (Å²) in [6.07, 6.45) is 0.552. The summed E-state index contributed by atoms with van der Waals surface area (Å²) in [5.74, 6) is -0.513. The van der Waals surface area contributed by atoms with Gasteiger partial charge in [-0.05, 0) is 0 Å². The first-order chi connectivity index (χ1) is 10.9. The summed E-state index contributed by atoms with van der Waals surface area (Å²) in [7, 11) is 0. The normalized spacial score (nSPS) is 94.6. The second-order valence-electron chi connectivity index (χ2n) is 11.6. The Hall–Kier alpha value is -1.39. The van der Waals surface area contributed by atoms with Crippen molar-refractivity contribution in [2.75, 3.05) is 6.54 Å². The SMILES string of the molecule is [N-]=[N+]=NCCC(N=[N+]=[N-])[C]12[CH]3[CH]4[CH]5[C]1(C(=O)O)[Fe]45321678[CH]2[CH]1[CH]6[CH]7[CH]28. The van der Waals surface area contributed by atoms with Gasteiger partial charge in [-0.3, -0.25) is 0 Å². The Labute approximate surface area is 120 Å². The summed E-state index contributed by atoms with van der Waals surface area (Å²) in [4.78, 5) is 24.9. The molecule has 0 aromatic rings. The number of carboxylic acids is 1. The van der Waals surface area contributed by atoms with Gasteiger partial charge in [0.2, 0.25) is 0 Å². The van der Waals surface area contributed by atoms with Gasteiger partial charge in [0.1, 0.15) is 0 Å². The average Bonchev–Trinajstić information content (AvgIpc) is 3.46. The molecule has 6 atom stereocenters. The van der Waals surface area contributed by atoms with Crippen LogP contribution in [0.2, 0.25) is 47.2 Å². The van der Waals surface area contributed by atoms with Crippen molar-refractivity contribution >= 4 is 5.97 Å². The van der Waals surface area contributed by atoms with Crippen molar-refractivity contribution in [3.8, 4) is 0 Å². The van der Waals surface area contributed by atoms with Crippen LogP contribution in [0.4, 0.5) is 0 Å². The number of rotatable bonds is 6. The fourth-order valence-electron chi connectivity index (χ4n) is 18.9. The van der Waals surface area contributed by atoms with Crippen molar-refractivity contribution in [2.24, 2.45) is 10.2 Å². The third-order valence-electron chi connectivity index (χ3n) is 16.5. The molecular weight excluding hydrogens is 340 g/mol. The zero-order valence-corrected chi connectivity index (χ0v) is 13.1. The Kier molecular flexibility index (Phi) is 0.402. The third-order valence-corrected chi connectivity index (χ3v) is 59.6. The van der Waals surface area contributed by atoms with Gasteiger partial charge in [-0.1, -0.05) is 0 Å². The maximum absolute atomic E-state index is 12.6. The van der Waals surface area contributed by atoms with Gasteiger partial charge >= 0.3 is 120 Å². The van der Waals surface area contributed by atoms with Gasteiger partial charge in [0.05, 0.1) is 0 Å². The summed E-state index contributed by atoms with van der Waals surface area (Å²) >= 11 is 0. The summed E-state index contributed by atoms with van der Waals surface area (Å²) in [6, 6.07) is -0.210. The molecule has 1 spiro atoms. The van der Waals surface area contributed by atoms with Crippen LogP contribution in [0, 0.1) is 0 Å². The molecule has 120 valence electrons. The molecule has 0 bridgehead atoms. The first-order valence-electron chi connectivity index (χ1n) is 8.40. The Bertz CT molecular complexity index is 1300. The van der Waals surface area contributed by atoms with Crippen molar-refractivity contribution < 1.29 is 16.4 Å². The van der Waals surface area contributed by atoms with Crippen molar-refractivity contribution in [3.05, 3.63) is 20.9 Å². The predicted molar refractivity (Wildman–Crippen MR) is 74.6 cm³/mol. The minimum absolute atomic E-state index is 0.0743. The van der Waals surface area contributed by atoms with Crippen LogP contribution in [0.3, 0.4) is 0 Å². The van der Waals surface area contributed by atoms with Gasteiger partial charge in [-0.2, -0.15) is 0 Å². The summed E-state index contributed by atoms with van der Waals surface area (Å²) in [5.41, 5.74) is 17.7. The van der Waals surface area contributed by atoms with E-state index in [-0.39, 0.29) is 14.7 Å². The number of fused-ring (bicyclic) bond motifs is 10. The Balaban J connectivity index is 1.37. The number of nitrogens with zero attached hydrogens (tertiary/aromatic N) is 6. The third kappa shape index (κ3) is 0.118. The maximum atomic E-state index is 12.6. The van der Waals surface area contributed by atoms with Gasteiger partial charge in [0, 0.05) is 0 Å². The predicted octanol–water partition coefficient (Wildman–Crippen LogP) is 4.58. The monoisotopic (exact) mass is 354 g/mol. The van der Waals surface area contributed by atoms with E-state index in [4.69, 9.17) is 11.1 Å². The first-order valence-corrected chi connectivity index (χ1v) is 14.6. The molecule has 10 heterocycles. The zero-order chi connectivity index (χ0) is 15.3. The second kappa shape index (κ2) is 0.944. The van der Waals surface area contributed by atoms with Crippen LogP contribution in [0.15, 0.2) is 10.2 Å². The molecule has 0 radical (unpaired) electrons.